The maximum absolute atomic E-state index is 6.67. The lowest BCUT2D eigenvalue weighted by Gasteiger charge is -2.13. The van der Waals surface area contributed by atoms with Crippen molar-refractivity contribution in [1.29, 1.82) is 0 Å². The first-order valence-corrected chi connectivity index (χ1v) is 19.2. The quantitative estimate of drug-likeness (QED) is 0.182. The van der Waals surface area contributed by atoms with Gasteiger partial charge in [0.1, 0.15) is 11.2 Å². The fraction of sp³-hybridized carbons (Fsp3) is 0. The molecule has 6 heteroatoms. The van der Waals surface area contributed by atoms with Crippen LogP contribution in [0.1, 0.15) is 0 Å². The number of rotatable bonds is 4. The monoisotopic (exact) mass is 720 g/mol. The van der Waals surface area contributed by atoms with Gasteiger partial charge < -0.3 is 8.98 Å². The van der Waals surface area contributed by atoms with Gasteiger partial charge in [-0.25, -0.2) is 15.0 Å². The smallest absolute Gasteiger partial charge is 0.164 e. The summed E-state index contributed by atoms with van der Waals surface area (Å²) < 4.78 is 11.5. The van der Waals surface area contributed by atoms with Crippen LogP contribution < -0.4 is 0 Å². The van der Waals surface area contributed by atoms with Crippen LogP contribution in [0.3, 0.4) is 0 Å². The van der Waals surface area contributed by atoms with E-state index in [4.69, 9.17) is 19.4 Å². The number of para-hydroxylation sites is 2. The highest BCUT2D eigenvalue weighted by molar-refractivity contribution is 7.25. The molecule has 0 saturated carbocycles. The fourth-order valence-corrected chi connectivity index (χ4v) is 9.51. The summed E-state index contributed by atoms with van der Waals surface area (Å²) in [5.74, 6) is 1.83. The molecule has 55 heavy (non-hydrogen) atoms. The van der Waals surface area contributed by atoms with E-state index in [1.807, 2.05) is 30.3 Å². The predicted octanol–water partition coefficient (Wildman–Crippen LogP) is 13.4. The van der Waals surface area contributed by atoms with Crippen LogP contribution in [0.5, 0.6) is 0 Å². The fourth-order valence-electron chi connectivity index (χ4n) is 8.37. The molecule has 0 unspecified atom stereocenters. The third-order valence-corrected chi connectivity index (χ3v) is 12.0. The van der Waals surface area contributed by atoms with Gasteiger partial charge in [0.2, 0.25) is 0 Å². The number of furan rings is 1. The van der Waals surface area contributed by atoms with Gasteiger partial charge in [0, 0.05) is 64.5 Å². The molecule has 0 bridgehead atoms. The van der Waals surface area contributed by atoms with Crippen LogP contribution in [0, 0.1) is 0 Å². The van der Waals surface area contributed by atoms with E-state index in [2.05, 4.69) is 144 Å². The molecule has 0 aliphatic carbocycles. The van der Waals surface area contributed by atoms with Gasteiger partial charge in [0.05, 0.1) is 16.7 Å². The van der Waals surface area contributed by atoms with Gasteiger partial charge in [0.25, 0.3) is 0 Å². The van der Waals surface area contributed by atoms with Crippen LogP contribution >= 0.6 is 11.3 Å². The molecule has 256 valence electrons. The van der Waals surface area contributed by atoms with Crippen molar-refractivity contribution in [3.8, 4) is 39.9 Å². The molecule has 0 aliphatic rings. The molecular formula is C49H28N4OS. The van der Waals surface area contributed by atoms with Gasteiger partial charge in [0.15, 0.2) is 17.5 Å². The Morgan fingerprint density at radius 1 is 0.418 bits per heavy atom. The minimum Gasteiger partial charge on any atom is -0.456 e. The molecule has 0 spiro atoms. The second kappa shape index (κ2) is 11.7. The summed E-state index contributed by atoms with van der Waals surface area (Å²) in [5.41, 5.74) is 7.55. The van der Waals surface area contributed by atoms with Crippen molar-refractivity contribution >= 4 is 86.0 Å². The molecule has 0 saturated heterocycles. The minimum absolute atomic E-state index is 0.588. The normalized spacial score (nSPS) is 12.0. The molecule has 12 rings (SSSR count). The van der Waals surface area contributed by atoms with Crippen LogP contribution in [-0.2, 0) is 0 Å². The maximum atomic E-state index is 6.67. The van der Waals surface area contributed by atoms with E-state index < -0.39 is 0 Å². The Bertz CT molecular complexity index is 3500. The van der Waals surface area contributed by atoms with Crippen LogP contribution in [0.25, 0.3) is 115 Å². The van der Waals surface area contributed by atoms with E-state index in [1.165, 1.54) is 41.7 Å². The maximum Gasteiger partial charge on any atom is 0.164 e. The number of aromatic nitrogens is 4. The molecule has 4 aromatic heterocycles. The SMILES string of the molecule is c1ccc(-c2nc(-c3ccc4c(c3)sc3ccccc34)nc(-c3cc(-n4c5ccccc5c5c6ccccc6ccc54)cc4oc5ccccc5c34)n2)cc1. The number of hydrogen-bond donors (Lipinski definition) is 0. The minimum atomic E-state index is 0.588. The van der Waals surface area contributed by atoms with Crippen LogP contribution in [0.2, 0.25) is 0 Å². The van der Waals surface area contributed by atoms with E-state index in [0.29, 0.717) is 17.5 Å². The Labute approximate surface area is 318 Å². The molecule has 12 aromatic rings. The average Bonchev–Trinajstić information content (AvgIpc) is 3.93. The van der Waals surface area contributed by atoms with Crippen molar-refractivity contribution in [1.82, 2.24) is 19.5 Å². The first-order valence-electron chi connectivity index (χ1n) is 18.4. The number of fused-ring (bicyclic) bond motifs is 11. The predicted molar refractivity (Wildman–Crippen MR) is 228 cm³/mol. The number of nitrogens with zero attached hydrogens (tertiary/aromatic N) is 4. The Morgan fingerprint density at radius 3 is 2.00 bits per heavy atom. The van der Waals surface area contributed by atoms with Crippen molar-refractivity contribution in [2.45, 2.75) is 0 Å². The topological polar surface area (TPSA) is 56.7 Å². The second-order valence-corrected chi connectivity index (χ2v) is 15.1. The van der Waals surface area contributed by atoms with Crippen LogP contribution in [0.15, 0.2) is 174 Å². The Balaban J connectivity index is 1.16. The van der Waals surface area contributed by atoms with Crippen molar-refractivity contribution in [3.05, 3.63) is 170 Å². The Kier molecular flexibility index (Phi) is 6.44. The number of benzene rings is 8. The van der Waals surface area contributed by atoms with E-state index >= 15 is 0 Å². The molecule has 0 amide bonds. The number of hydrogen-bond acceptors (Lipinski definition) is 5. The summed E-state index contributed by atoms with van der Waals surface area (Å²) in [6, 6.07) is 59.6. The highest BCUT2D eigenvalue weighted by Gasteiger charge is 2.22. The van der Waals surface area contributed by atoms with Gasteiger partial charge >= 0.3 is 0 Å². The summed E-state index contributed by atoms with van der Waals surface area (Å²) in [5, 5.41) is 9.36. The van der Waals surface area contributed by atoms with Gasteiger partial charge in [-0.1, -0.05) is 127 Å². The highest BCUT2D eigenvalue weighted by Crippen LogP contribution is 2.42. The molecule has 4 heterocycles. The van der Waals surface area contributed by atoms with Gasteiger partial charge in [-0.2, -0.15) is 0 Å². The highest BCUT2D eigenvalue weighted by atomic mass is 32.1. The molecule has 5 nitrogen and oxygen atoms in total. The number of thiophene rings is 1. The molecule has 0 radical (unpaired) electrons. The molecule has 0 fully saturated rings. The largest absolute Gasteiger partial charge is 0.456 e. The van der Waals surface area contributed by atoms with Crippen LogP contribution in [-0.4, -0.2) is 19.5 Å². The lowest BCUT2D eigenvalue weighted by molar-refractivity contribution is 0.668. The summed E-state index contributed by atoms with van der Waals surface area (Å²) in [7, 11) is 0. The zero-order valence-corrected chi connectivity index (χ0v) is 30.1. The zero-order chi connectivity index (χ0) is 36.0. The molecular weight excluding hydrogens is 693 g/mol. The molecule has 0 N–H and O–H groups in total. The lowest BCUT2D eigenvalue weighted by Crippen LogP contribution is -2.01. The summed E-state index contributed by atoms with van der Waals surface area (Å²) in [4.78, 5) is 15.7. The summed E-state index contributed by atoms with van der Waals surface area (Å²) >= 11 is 1.79. The van der Waals surface area contributed by atoms with Crippen molar-refractivity contribution < 1.29 is 4.42 Å². The average molecular weight is 721 g/mol. The standard InChI is InChI=1S/C49H28N4OS/c1-2-13-30(14-3-1)47-50-48(31-22-24-35-34-16-8-11-21-43(34)55-44(35)26-31)52-49(51-47)38-27-32(28-42-46(38)37-18-7-10-20-41(37)54-42)53-39-19-9-6-17-36(39)45-33-15-5-4-12-29(33)23-25-40(45)53/h1-28H. The second-order valence-electron chi connectivity index (χ2n) is 14.0. The van der Waals surface area contributed by atoms with Gasteiger partial charge in [-0.3, -0.25) is 0 Å². The summed E-state index contributed by atoms with van der Waals surface area (Å²) in [6.45, 7) is 0. The third kappa shape index (κ3) is 4.62. The van der Waals surface area contributed by atoms with Crippen molar-refractivity contribution in [3.63, 3.8) is 0 Å². The van der Waals surface area contributed by atoms with E-state index in [-0.39, 0.29) is 0 Å². The molecule has 0 atom stereocenters. The summed E-state index contributed by atoms with van der Waals surface area (Å²) in [6.07, 6.45) is 0. The third-order valence-electron chi connectivity index (χ3n) is 10.8. The van der Waals surface area contributed by atoms with Gasteiger partial charge in [-0.15, -0.1) is 11.3 Å². The van der Waals surface area contributed by atoms with E-state index in [1.54, 1.807) is 11.3 Å². The first-order chi connectivity index (χ1) is 27.2. The van der Waals surface area contributed by atoms with Crippen molar-refractivity contribution in [2.24, 2.45) is 0 Å². The Morgan fingerprint density at radius 2 is 1.11 bits per heavy atom. The van der Waals surface area contributed by atoms with E-state index in [0.717, 1.165) is 55.3 Å². The molecule has 8 aromatic carbocycles. The van der Waals surface area contributed by atoms with Gasteiger partial charge in [-0.05, 0) is 47.2 Å². The van der Waals surface area contributed by atoms with Crippen LogP contribution in [0.4, 0.5) is 0 Å². The molecule has 0 aliphatic heterocycles. The van der Waals surface area contributed by atoms with E-state index in [9.17, 15) is 0 Å². The first kappa shape index (κ1) is 30.3. The Hall–Kier alpha value is -7.15. The zero-order valence-electron chi connectivity index (χ0n) is 29.3. The van der Waals surface area contributed by atoms with Crippen molar-refractivity contribution in [2.75, 3.05) is 0 Å². The lowest BCUT2D eigenvalue weighted by atomic mass is 10.0.